The number of carbonyl (C=O) groups excluding carboxylic acids is 1. The molecule has 0 aromatic carbocycles. The van der Waals surface area contributed by atoms with Crippen LogP contribution in [0, 0.1) is 0 Å². The first kappa shape index (κ1) is 15.4. The van der Waals surface area contributed by atoms with Crippen LogP contribution in [0.15, 0.2) is 6.07 Å². The second-order valence-electron chi connectivity index (χ2n) is 5.69. The number of aliphatic hydroxyl groups excluding tert-OH is 2. The molecular formula is C14H22N4O4. The van der Waals surface area contributed by atoms with E-state index in [2.05, 4.69) is 10.00 Å². The summed E-state index contributed by atoms with van der Waals surface area (Å²) in [4.78, 5) is 16.2. The van der Waals surface area contributed by atoms with E-state index in [1.165, 1.54) is 0 Å². The standard InChI is InChI=1S/C14H22N4O4/c19-10-13(20)12-7-11-8-16(1-2-18(11)15-12)9-14(21)17-3-5-22-6-4-17/h7,13,19-20H,1-6,8-10H2. The van der Waals surface area contributed by atoms with Gasteiger partial charge in [0.25, 0.3) is 0 Å². The van der Waals surface area contributed by atoms with Crippen molar-refractivity contribution < 1.29 is 19.7 Å². The fourth-order valence-electron chi connectivity index (χ4n) is 2.84. The van der Waals surface area contributed by atoms with Gasteiger partial charge in [-0.3, -0.25) is 14.4 Å². The van der Waals surface area contributed by atoms with E-state index in [1.54, 1.807) is 6.07 Å². The molecule has 2 aliphatic heterocycles. The minimum Gasteiger partial charge on any atom is -0.393 e. The Morgan fingerprint density at radius 1 is 1.32 bits per heavy atom. The van der Waals surface area contributed by atoms with Crippen molar-refractivity contribution in [2.75, 3.05) is 46.0 Å². The SMILES string of the molecule is O=C(CN1CCn2nc(C(O)CO)cc2C1)N1CCOCC1. The topological polar surface area (TPSA) is 91.1 Å². The summed E-state index contributed by atoms with van der Waals surface area (Å²) >= 11 is 0. The van der Waals surface area contributed by atoms with Crippen molar-refractivity contribution in [2.45, 2.75) is 19.2 Å². The summed E-state index contributed by atoms with van der Waals surface area (Å²) in [6, 6.07) is 1.80. The van der Waals surface area contributed by atoms with Crippen molar-refractivity contribution in [3.8, 4) is 0 Å². The van der Waals surface area contributed by atoms with Gasteiger partial charge in [-0.25, -0.2) is 0 Å². The highest BCUT2D eigenvalue weighted by Crippen LogP contribution is 2.18. The van der Waals surface area contributed by atoms with E-state index in [9.17, 15) is 9.90 Å². The number of fused-ring (bicyclic) bond motifs is 1. The van der Waals surface area contributed by atoms with Gasteiger partial charge in [-0.1, -0.05) is 0 Å². The van der Waals surface area contributed by atoms with Gasteiger partial charge < -0.3 is 19.8 Å². The predicted molar refractivity (Wildman–Crippen MR) is 76.9 cm³/mol. The second-order valence-corrected chi connectivity index (χ2v) is 5.69. The Morgan fingerprint density at radius 2 is 2.09 bits per heavy atom. The quantitative estimate of drug-likeness (QED) is 0.709. The number of amides is 1. The Labute approximate surface area is 128 Å². The van der Waals surface area contributed by atoms with Gasteiger partial charge in [0.2, 0.25) is 5.91 Å². The monoisotopic (exact) mass is 310 g/mol. The van der Waals surface area contributed by atoms with Gasteiger partial charge >= 0.3 is 0 Å². The summed E-state index contributed by atoms with van der Waals surface area (Å²) in [5.41, 5.74) is 1.45. The molecule has 22 heavy (non-hydrogen) atoms. The molecule has 1 amide bonds. The molecule has 0 spiro atoms. The minimum atomic E-state index is -0.943. The largest absolute Gasteiger partial charge is 0.393 e. The van der Waals surface area contributed by atoms with Gasteiger partial charge in [-0.05, 0) is 6.07 Å². The van der Waals surface area contributed by atoms with Crippen LogP contribution < -0.4 is 0 Å². The van der Waals surface area contributed by atoms with Gasteiger partial charge in [0.15, 0.2) is 0 Å². The average molecular weight is 310 g/mol. The number of aliphatic hydroxyl groups is 2. The first-order valence-electron chi connectivity index (χ1n) is 7.61. The van der Waals surface area contributed by atoms with Gasteiger partial charge in [0, 0.05) is 26.2 Å². The van der Waals surface area contributed by atoms with E-state index < -0.39 is 6.10 Å². The highest BCUT2D eigenvalue weighted by atomic mass is 16.5. The summed E-state index contributed by atoms with van der Waals surface area (Å²) in [5, 5.41) is 22.9. The van der Waals surface area contributed by atoms with Crippen LogP contribution in [0.5, 0.6) is 0 Å². The average Bonchev–Trinajstić information content (AvgIpc) is 2.98. The van der Waals surface area contributed by atoms with Crippen LogP contribution in [-0.4, -0.2) is 81.7 Å². The third-order valence-electron chi connectivity index (χ3n) is 4.13. The number of hydrogen-bond donors (Lipinski definition) is 2. The van der Waals surface area contributed by atoms with Gasteiger partial charge in [0.05, 0.1) is 44.3 Å². The molecule has 122 valence electrons. The molecule has 8 heteroatoms. The van der Waals surface area contributed by atoms with E-state index in [0.29, 0.717) is 51.6 Å². The van der Waals surface area contributed by atoms with Crippen LogP contribution >= 0.6 is 0 Å². The second kappa shape index (κ2) is 6.74. The number of carbonyl (C=O) groups is 1. The van der Waals surface area contributed by atoms with Crippen LogP contribution in [0.3, 0.4) is 0 Å². The Bertz CT molecular complexity index is 527. The Morgan fingerprint density at radius 3 is 2.82 bits per heavy atom. The summed E-state index contributed by atoms with van der Waals surface area (Å²) in [5.74, 6) is 0.131. The fraction of sp³-hybridized carbons (Fsp3) is 0.714. The molecule has 1 fully saturated rings. The molecule has 2 aliphatic rings. The zero-order valence-corrected chi connectivity index (χ0v) is 12.5. The van der Waals surface area contributed by atoms with Crippen LogP contribution in [0.25, 0.3) is 0 Å². The van der Waals surface area contributed by atoms with Crippen LogP contribution in [-0.2, 0) is 22.6 Å². The number of nitrogens with zero attached hydrogens (tertiary/aromatic N) is 4. The Kier molecular flexibility index (Phi) is 4.72. The number of morpholine rings is 1. The van der Waals surface area contributed by atoms with Crippen molar-refractivity contribution in [3.05, 3.63) is 17.5 Å². The lowest BCUT2D eigenvalue weighted by Crippen LogP contribution is -2.47. The molecule has 0 bridgehead atoms. The van der Waals surface area contributed by atoms with Crippen molar-refractivity contribution in [2.24, 2.45) is 0 Å². The van der Waals surface area contributed by atoms with Gasteiger partial charge in [-0.2, -0.15) is 5.10 Å². The first-order chi connectivity index (χ1) is 10.7. The molecule has 3 heterocycles. The van der Waals surface area contributed by atoms with Crippen LogP contribution in [0.4, 0.5) is 0 Å². The summed E-state index contributed by atoms with van der Waals surface area (Å²) in [6.07, 6.45) is -0.943. The van der Waals surface area contributed by atoms with Crippen LogP contribution in [0.1, 0.15) is 17.5 Å². The lowest BCUT2D eigenvalue weighted by atomic mass is 10.2. The van der Waals surface area contributed by atoms with E-state index >= 15 is 0 Å². The molecular weight excluding hydrogens is 288 g/mol. The maximum Gasteiger partial charge on any atom is 0.236 e. The maximum absolute atomic E-state index is 12.3. The highest BCUT2D eigenvalue weighted by molar-refractivity contribution is 5.78. The van der Waals surface area contributed by atoms with Gasteiger partial charge in [-0.15, -0.1) is 0 Å². The molecule has 0 aliphatic carbocycles. The van der Waals surface area contributed by atoms with E-state index in [1.807, 2.05) is 9.58 Å². The summed E-state index contributed by atoms with van der Waals surface area (Å²) < 4.78 is 7.10. The van der Waals surface area contributed by atoms with Gasteiger partial charge in [0.1, 0.15) is 6.10 Å². The van der Waals surface area contributed by atoms with E-state index in [0.717, 1.165) is 12.2 Å². The Balaban J connectivity index is 1.59. The summed E-state index contributed by atoms with van der Waals surface area (Å²) in [6.45, 7) is 4.67. The lowest BCUT2D eigenvalue weighted by Gasteiger charge is -2.31. The fourth-order valence-corrected chi connectivity index (χ4v) is 2.84. The maximum atomic E-state index is 12.3. The number of hydrogen-bond acceptors (Lipinski definition) is 6. The molecule has 1 unspecified atom stereocenters. The molecule has 1 saturated heterocycles. The smallest absolute Gasteiger partial charge is 0.236 e. The number of rotatable bonds is 4. The molecule has 1 aromatic rings. The zero-order valence-electron chi connectivity index (χ0n) is 12.5. The predicted octanol–water partition coefficient (Wildman–Crippen LogP) is -1.42. The lowest BCUT2D eigenvalue weighted by molar-refractivity contribution is -0.136. The highest BCUT2D eigenvalue weighted by Gasteiger charge is 2.24. The molecule has 3 rings (SSSR count). The molecule has 0 saturated carbocycles. The summed E-state index contributed by atoms with van der Waals surface area (Å²) in [7, 11) is 0. The number of ether oxygens (including phenoxy) is 1. The normalized spacial score (nSPS) is 20.7. The molecule has 1 aromatic heterocycles. The third-order valence-corrected chi connectivity index (χ3v) is 4.13. The zero-order chi connectivity index (χ0) is 15.5. The van der Waals surface area contributed by atoms with E-state index in [4.69, 9.17) is 9.84 Å². The molecule has 8 nitrogen and oxygen atoms in total. The molecule has 1 atom stereocenters. The number of aromatic nitrogens is 2. The van der Waals surface area contributed by atoms with Crippen molar-refractivity contribution in [1.29, 1.82) is 0 Å². The van der Waals surface area contributed by atoms with Crippen molar-refractivity contribution in [1.82, 2.24) is 19.6 Å². The van der Waals surface area contributed by atoms with Crippen molar-refractivity contribution in [3.63, 3.8) is 0 Å². The van der Waals surface area contributed by atoms with E-state index in [-0.39, 0.29) is 12.5 Å². The molecule has 2 N–H and O–H groups in total. The first-order valence-corrected chi connectivity index (χ1v) is 7.61. The van der Waals surface area contributed by atoms with Crippen molar-refractivity contribution >= 4 is 5.91 Å². The Hall–Kier alpha value is -1.48. The van der Waals surface area contributed by atoms with Crippen LogP contribution in [0.2, 0.25) is 0 Å². The third kappa shape index (κ3) is 3.30. The molecule has 0 radical (unpaired) electrons. The minimum absolute atomic E-state index is 0.131.